The van der Waals surface area contributed by atoms with Gasteiger partial charge in [0.05, 0.1) is 28.0 Å². The van der Waals surface area contributed by atoms with Crippen molar-refractivity contribution in [1.82, 2.24) is 15.0 Å². The summed E-state index contributed by atoms with van der Waals surface area (Å²) < 4.78 is 39.6. The topological polar surface area (TPSA) is 105 Å². The molecule has 174 valence electrons. The van der Waals surface area contributed by atoms with Gasteiger partial charge in [0.2, 0.25) is 0 Å². The Morgan fingerprint density at radius 1 is 1.12 bits per heavy atom. The Morgan fingerprint density at radius 2 is 1.85 bits per heavy atom. The lowest BCUT2D eigenvalue weighted by molar-refractivity contribution is -0.179. The van der Waals surface area contributed by atoms with Crippen LogP contribution in [0.2, 0.25) is 0 Å². The lowest BCUT2D eigenvalue weighted by Crippen LogP contribution is -2.39. The highest BCUT2D eigenvalue weighted by molar-refractivity contribution is 6.04. The highest BCUT2D eigenvalue weighted by Crippen LogP contribution is 2.38. The molecule has 5 rings (SSSR count). The number of hydrogen-bond donors (Lipinski definition) is 2. The third kappa shape index (κ3) is 3.85. The maximum absolute atomic E-state index is 13.2. The van der Waals surface area contributed by atoms with Crippen LogP contribution in [-0.2, 0) is 0 Å². The molecule has 0 spiro atoms. The zero-order valence-electron chi connectivity index (χ0n) is 17.9. The summed E-state index contributed by atoms with van der Waals surface area (Å²) >= 11 is 0. The highest BCUT2D eigenvalue weighted by Gasteiger charge is 2.41. The number of nitrogens with one attached hydrogen (secondary N) is 1. The molecule has 1 aliphatic heterocycles. The van der Waals surface area contributed by atoms with E-state index in [1.54, 1.807) is 6.07 Å². The fraction of sp³-hybridized carbons (Fsp3) is 0.250. The van der Waals surface area contributed by atoms with Gasteiger partial charge in [0.25, 0.3) is 5.91 Å². The molecule has 0 aliphatic carbocycles. The second-order valence-corrected chi connectivity index (χ2v) is 8.35. The number of primary amides is 1. The number of amides is 1. The van der Waals surface area contributed by atoms with Crippen LogP contribution < -0.4 is 16.1 Å². The van der Waals surface area contributed by atoms with E-state index in [0.717, 1.165) is 5.39 Å². The number of H-pyrrole nitrogens is 1. The number of nitrogens with zero attached hydrogens (tertiary/aromatic N) is 3. The lowest BCUT2D eigenvalue weighted by Gasteiger charge is -2.34. The van der Waals surface area contributed by atoms with E-state index in [4.69, 9.17) is 10.7 Å². The van der Waals surface area contributed by atoms with Crippen molar-refractivity contribution in [2.45, 2.75) is 19.0 Å². The monoisotopic (exact) mass is 467 g/mol. The number of carbonyl (C=O) groups excluding carboxylic acids is 1. The first-order valence-corrected chi connectivity index (χ1v) is 10.8. The van der Waals surface area contributed by atoms with Gasteiger partial charge in [-0.2, -0.15) is 13.2 Å². The van der Waals surface area contributed by atoms with E-state index in [9.17, 15) is 22.8 Å². The van der Waals surface area contributed by atoms with E-state index in [1.165, 1.54) is 12.3 Å². The molecule has 1 saturated heterocycles. The van der Waals surface area contributed by atoms with Crippen LogP contribution in [0.4, 0.5) is 19.0 Å². The predicted octanol–water partition coefficient (Wildman–Crippen LogP) is 4.02. The third-order valence-corrected chi connectivity index (χ3v) is 6.23. The number of nitrogens with two attached hydrogens (primary N) is 1. The lowest BCUT2D eigenvalue weighted by atomic mass is 9.95. The van der Waals surface area contributed by atoms with Crippen molar-refractivity contribution < 1.29 is 18.0 Å². The van der Waals surface area contributed by atoms with E-state index in [2.05, 4.69) is 9.97 Å². The van der Waals surface area contributed by atoms with Crippen molar-refractivity contribution >= 4 is 33.5 Å². The van der Waals surface area contributed by atoms with E-state index in [-0.39, 0.29) is 37.0 Å². The normalized spacial score (nSPS) is 15.2. The highest BCUT2D eigenvalue weighted by atomic mass is 19.4. The second-order valence-electron chi connectivity index (χ2n) is 8.35. The van der Waals surface area contributed by atoms with Gasteiger partial charge in [-0.1, -0.05) is 18.2 Å². The van der Waals surface area contributed by atoms with Gasteiger partial charge in [0, 0.05) is 36.3 Å². The van der Waals surface area contributed by atoms with Gasteiger partial charge in [-0.15, -0.1) is 0 Å². The van der Waals surface area contributed by atoms with E-state index in [0.29, 0.717) is 28.1 Å². The minimum absolute atomic E-state index is 0.0284. The molecule has 3 aromatic heterocycles. The van der Waals surface area contributed by atoms with Gasteiger partial charge in [-0.3, -0.25) is 14.6 Å². The molecule has 1 fully saturated rings. The van der Waals surface area contributed by atoms with Crippen LogP contribution >= 0.6 is 0 Å². The molecule has 0 bridgehead atoms. The number of aromatic nitrogens is 3. The molecule has 1 amide bonds. The first-order chi connectivity index (χ1) is 16.2. The number of aromatic amines is 1. The number of alkyl halides is 3. The fourth-order valence-corrected chi connectivity index (χ4v) is 4.50. The molecule has 0 saturated carbocycles. The van der Waals surface area contributed by atoms with Crippen LogP contribution in [0.3, 0.4) is 0 Å². The van der Waals surface area contributed by atoms with Crippen molar-refractivity contribution in [3.05, 3.63) is 64.6 Å². The quantitative estimate of drug-likeness (QED) is 0.474. The molecule has 34 heavy (non-hydrogen) atoms. The average molecular weight is 467 g/mol. The molecule has 1 aliphatic rings. The Bertz CT molecular complexity index is 1470. The van der Waals surface area contributed by atoms with Crippen molar-refractivity contribution in [2.24, 2.45) is 11.7 Å². The van der Waals surface area contributed by atoms with Gasteiger partial charge >= 0.3 is 6.18 Å². The molecule has 0 radical (unpaired) electrons. The second kappa shape index (κ2) is 8.12. The Kier molecular flexibility index (Phi) is 5.22. The molecule has 4 aromatic rings. The zero-order chi connectivity index (χ0) is 24.0. The van der Waals surface area contributed by atoms with Crippen LogP contribution in [0.1, 0.15) is 23.3 Å². The summed E-state index contributed by atoms with van der Waals surface area (Å²) in [5, 5.41) is 0.903. The molecule has 0 atom stereocenters. The minimum Gasteiger partial charge on any atom is -0.364 e. The maximum Gasteiger partial charge on any atom is 0.391 e. The molecule has 1 aromatic carbocycles. The van der Waals surface area contributed by atoms with Gasteiger partial charge in [-0.05, 0) is 31.0 Å². The largest absolute Gasteiger partial charge is 0.391 e. The van der Waals surface area contributed by atoms with E-state index >= 15 is 0 Å². The van der Waals surface area contributed by atoms with E-state index in [1.807, 2.05) is 35.2 Å². The van der Waals surface area contributed by atoms with Crippen molar-refractivity contribution in [1.29, 1.82) is 0 Å². The van der Waals surface area contributed by atoms with Crippen LogP contribution in [0.15, 0.2) is 53.5 Å². The van der Waals surface area contributed by atoms with Crippen LogP contribution in [0.5, 0.6) is 0 Å². The molecule has 0 unspecified atom stereocenters. The summed E-state index contributed by atoms with van der Waals surface area (Å²) in [6.45, 7) is 0.381. The van der Waals surface area contributed by atoms with Crippen molar-refractivity contribution in [2.75, 3.05) is 18.0 Å². The summed E-state index contributed by atoms with van der Waals surface area (Å²) in [7, 11) is 0. The summed E-state index contributed by atoms with van der Waals surface area (Å²) in [6.07, 6.45) is -2.90. The number of fused-ring (bicyclic) bond motifs is 2. The third-order valence-electron chi connectivity index (χ3n) is 6.23. The molecular weight excluding hydrogens is 447 g/mol. The standard InChI is InChI=1S/C24H20F3N5O2/c25-24(26,27)14-6-9-32(10-7-14)23-15(11-13-3-1-2-4-16(13)31-23)18-12-19(33)20-17(30-18)5-8-29-21(20)22(28)34/h1-5,8,11-12,14H,6-7,9-10H2,(H2,28,34)(H,30,33). The number of hydrogen-bond acceptors (Lipinski definition) is 5. The van der Waals surface area contributed by atoms with Gasteiger partial charge in [0.1, 0.15) is 11.5 Å². The fourth-order valence-electron chi connectivity index (χ4n) is 4.50. The number of halogens is 3. The smallest absolute Gasteiger partial charge is 0.364 e. The molecule has 3 N–H and O–H groups in total. The van der Waals surface area contributed by atoms with Crippen molar-refractivity contribution in [3.63, 3.8) is 0 Å². The van der Waals surface area contributed by atoms with Crippen LogP contribution in [0, 0.1) is 5.92 Å². The van der Waals surface area contributed by atoms with Crippen LogP contribution in [-0.4, -0.2) is 40.1 Å². The van der Waals surface area contributed by atoms with Crippen molar-refractivity contribution in [3.8, 4) is 11.3 Å². The number of para-hydroxylation sites is 1. The Morgan fingerprint density at radius 3 is 2.56 bits per heavy atom. The first kappa shape index (κ1) is 21.9. The average Bonchev–Trinajstić information content (AvgIpc) is 2.82. The molecule has 7 nitrogen and oxygen atoms in total. The van der Waals surface area contributed by atoms with Gasteiger partial charge in [-0.25, -0.2) is 4.98 Å². The molecule has 10 heteroatoms. The number of anilines is 1. The number of benzene rings is 1. The van der Waals surface area contributed by atoms with Gasteiger partial charge < -0.3 is 15.6 Å². The summed E-state index contributed by atoms with van der Waals surface area (Å²) in [5.74, 6) is -1.66. The minimum atomic E-state index is -4.22. The number of pyridine rings is 3. The molecule has 4 heterocycles. The maximum atomic E-state index is 13.2. The number of carbonyl (C=O) groups is 1. The Labute approximate surface area is 191 Å². The number of rotatable bonds is 3. The summed E-state index contributed by atoms with van der Waals surface area (Å²) in [5.41, 5.74) is 6.89. The summed E-state index contributed by atoms with van der Waals surface area (Å²) in [4.78, 5) is 38.4. The Hall–Kier alpha value is -3.95. The van der Waals surface area contributed by atoms with E-state index < -0.39 is 23.4 Å². The predicted molar refractivity (Wildman–Crippen MR) is 123 cm³/mol. The van der Waals surface area contributed by atoms with Crippen LogP contribution in [0.25, 0.3) is 33.1 Å². The van der Waals surface area contributed by atoms with Gasteiger partial charge in [0.15, 0.2) is 5.43 Å². The molecular formula is C24H20F3N5O2. The SMILES string of the molecule is NC(=O)c1nccc2[nH]c(-c3cc4ccccc4nc3N3CCC(C(F)(F)F)CC3)cc(=O)c12. The first-order valence-electron chi connectivity index (χ1n) is 10.8. The zero-order valence-corrected chi connectivity index (χ0v) is 17.9. The summed E-state index contributed by atoms with van der Waals surface area (Å²) in [6, 6.07) is 12.2. The number of piperidine rings is 1. The Balaban J connectivity index is 1.66.